The highest BCUT2D eigenvalue weighted by Gasteiger charge is 2.65. The second-order valence-corrected chi connectivity index (χ2v) is 8.67. The van der Waals surface area contributed by atoms with Crippen LogP contribution in [0.4, 0.5) is 25.1 Å². The van der Waals surface area contributed by atoms with Crippen LogP contribution in [-0.2, 0) is 0 Å². The van der Waals surface area contributed by atoms with Crippen LogP contribution in [0.3, 0.4) is 0 Å². The predicted molar refractivity (Wildman–Crippen MR) is 92.1 cm³/mol. The van der Waals surface area contributed by atoms with E-state index >= 15 is 0 Å². The molecule has 5 nitrogen and oxygen atoms in total. The number of methoxy groups -OCH3 is 1. The van der Waals surface area contributed by atoms with E-state index < -0.39 is 31.3 Å². The number of carbonyl (C=O) groups is 1. The standard InChI is InChI=1S/C16H16F5NO4S/c1-22(2,10-4-6-12(7-5-10)27(17,18,19,20)21)16(25)15-13(24)8-11(23)9-14(15)26-3/h4-9H,1-3H3,(H-,23,24,25)/p+1. The van der Waals surface area contributed by atoms with Gasteiger partial charge < -0.3 is 14.9 Å². The minimum absolute atomic E-state index is 0.0415. The molecule has 0 atom stereocenters. The Hall–Kier alpha value is -2.53. The molecule has 0 heterocycles. The van der Waals surface area contributed by atoms with E-state index in [0.29, 0.717) is 0 Å². The predicted octanol–water partition coefficient (Wildman–Crippen LogP) is 5.17. The smallest absolute Gasteiger partial charge is 0.358 e. The molecule has 0 aliphatic heterocycles. The summed E-state index contributed by atoms with van der Waals surface area (Å²) >= 11 is 0. The Morgan fingerprint density at radius 2 is 1.52 bits per heavy atom. The van der Waals surface area contributed by atoms with Crippen LogP contribution >= 0.6 is 10.2 Å². The Labute approximate surface area is 151 Å². The normalized spacial score (nSPS) is 15.0. The quantitative estimate of drug-likeness (QED) is 0.535. The number of benzene rings is 2. The van der Waals surface area contributed by atoms with Crippen molar-refractivity contribution in [1.82, 2.24) is 4.48 Å². The average molecular weight is 414 g/mol. The molecule has 150 valence electrons. The topological polar surface area (TPSA) is 66.8 Å². The monoisotopic (exact) mass is 414 g/mol. The van der Waals surface area contributed by atoms with Crippen LogP contribution in [-0.4, -0.2) is 37.3 Å². The third-order valence-corrected chi connectivity index (χ3v) is 5.10. The molecule has 2 aromatic carbocycles. The third-order valence-electron chi connectivity index (χ3n) is 3.94. The summed E-state index contributed by atoms with van der Waals surface area (Å²) in [6.07, 6.45) is 0. The fraction of sp³-hybridized carbons (Fsp3) is 0.188. The molecular weight excluding hydrogens is 397 g/mol. The van der Waals surface area contributed by atoms with Crippen molar-refractivity contribution in [2.24, 2.45) is 0 Å². The highest BCUT2D eigenvalue weighted by atomic mass is 32.5. The van der Waals surface area contributed by atoms with Crippen LogP contribution in [0.25, 0.3) is 0 Å². The highest BCUT2D eigenvalue weighted by Crippen LogP contribution is 3.02. The number of nitrogens with zero attached hydrogens (tertiary/aromatic N) is 1. The molecule has 0 fully saturated rings. The van der Waals surface area contributed by atoms with Crippen molar-refractivity contribution in [2.75, 3.05) is 21.2 Å². The molecule has 11 heteroatoms. The summed E-state index contributed by atoms with van der Waals surface area (Å²) in [7, 11) is -6.05. The maximum atomic E-state index is 12.9. The van der Waals surface area contributed by atoms with Gasteiger partial charge in [-0.05, 0) is 12.1 Å². The summed E-state index contributed by atoms with van der Waals surface area (Å²) in [4.78, 5) is 10.8. The Balaban J connectivity index is 2.53. The number of hydrogen-bond acceptors (Lipinski definition) is 4. The van der Waals surface area contributed by atoms with Crippen molar-refractivity contribution in [2.45, 2.75) is 4.90 Å². The number of amides is 1. The van der Waals surface area contributed by atoms with Crippen molar-refractivity contribution in [3.05, 3.63) is 42.0 Å². The van der Waals surface area contributed by atoms with Gasteiger partial charge in [-0.2, -0.15) is 0 Å². The lowest BCUT2D eigenvalue weighted by Gasteiger charge is -2.40. The van der Waals surface area contributed by atoms with Crippen LogP contribution in [0.1, 0.15) is 10.4 Å². The van der Waals surface area contributed by atoms with Gasteiger partial charge in [0.2, 0.25) is 0 Å². The summed E-state index contributed by atoms with van der Waals surface area (Å²) in [5.41, 5.74) is -0.364. The summed E-state index contributed by atoms with van der Waals surface area (Å²) in [5.74, 6) is -1.94. The first-order valence-electron chi connectivity index (χ1n) is 7.31. The van der Waals surface area contributed by atoms with Crippen molar-refractivity contribution in [1.29, 1.82) is 0 Å². The number of ether oxygens (including phenoxy) is 1. The molecule has 0 aromatic heterocycles. The summed E-state index contributed by atoms with van der Waals surface area (Å²) in [6.45, 7) is 0. The number of hydrogen-bond donors (Lipinski definition) is 2. The zero-order valence-corrected chi connectivity index (χ0v) is 15.2. The van der Waals surface area contributed by atoms with Gasteiger partial charge in [-0.1, -0.05) is 19.4 Å². The van der Waals surface area contributed by atoms with Crippen molar-refractivity contribution < 1.29 is 39.2 Å². The summed E-state index contributed by atoms with van der Waals surface area (Å²) < 4.78 is 68.5. The number of rotatable bonds is 4. The van der Waals surface area contributed by atoms with E-state index in [-0.39, 0.29) is 34.9 Å². The van der Waals surface area contributed by atoms with Gasteiger partial charge in [-0.25, -0.2) is 9.28 Å². The lowest BCUT2D eigenvalue weighted by atomic mass is 10.1. The Kier molecular flexibility index (Phi) is 4.22. The van der Waals surface area contributed by atoms with E-state index in [1.54, 1.807) is 0 Å². The lowest BCUT2D eigenvalue weighted by Crippen LogP contribution is -2.46. The van der Waals surface area contributed by atoms with Gasteiger partial charge in [-0.15, -0.1) is 0 Å². The van der Waals surface area contributed by atoms with E-state index in [1.807, 2.05) is 0 Å². The third kappa shape index (κ3) is 4.08. The van der Waals surface area contributed by atoms with Crippen LogP contribution < -0.4 is 9.22 Å². The number of halogens is 5. The second kappa shape index (κ2) is 5.49. The zero-order valence-electron chi connectivity index (χ0n) is 14.4. The van der Waals surface area contributed by atoms with Crippen LogP contribution in [0.15, 0.2) is 41.3 Å². The maximum absolute atomic E-state index is 12.9. The van der Waals surface area contributed by atoms with E-state index in [1.165, 1.54) is 21.2 Å². The molecule has 0 unspecified atom stereocenters. The van der Waals surface area contributed by atoms with Gasteiger partial charge in [0.05, 0.1) is 21.2 Å². The van der Waals surface area contributed by atoms with Crippen LogP contribution in [0.5, 0.6) is 17.2 Å². The highest BCUT2D eigenvalue weighted by molar-refractivity contribution is 8.45. The number of phenolic OH excluding ortho intramolecular Hbond substituents is 2. The summed E-state index contributed by atoms with van der Waals surface area (Å²) in [6, 6.07) is 3.90. The molecule has 2 rings (SSSR count). The molecule has 0 bridgehead atoms. The number of phenols is 2. The fourth-order valence-corrected chi connectivity index (χ4v) is 3.09. The number of aromatic hydroxyl groups is 2. The minimum atomic E-state index is -9.83. The van der Waals surface area contributed by atoms with Crippen molar-refractivity contribution >= 4 is 21.8 Å². The van der Waals surface area contributed by atoms with Crippen LogP contribution in [0.2, 0.25) is 0 Å². The molecule has 0 aliphatic carbocycles. The molecule has 0 aliphatic rings. The zero-order chi connectivity index (χ0) is 20.9. The molecule has 0 radical (unpaired) electrons. The lowest BCUT2D eigenvalue weighted by molar-refractivity contribution is 0.0825. The second-order valence-electron chi connectivity index (χ2n) is 6.26. The number of quaternary nitrogens is 1. The number of carbonyl (C=O) groups excluding carboxylic acids is 1. The van der Waals surface area contributed by atoms with E-state index in [2.05, 4.69) is 0 Å². The molecule has 0 saturated heterocycles. The maximum Gasteiger partial charge on any atom is 0.358 e. The molecule has 0 saturated carbocycles. The van der Waals surface area contributed by atoms with Crippen LogP contribution in [0, 0.1) is 0 Å². The first-order valence-corrected chi connectivity index (χ1v) is 9.26. The first-order chi connectivity index (χ1) is 12.0. The Bertz CT molecular complexity index is 912. The van der Waals surface area contributed by atoms with E-state index in [4.69, 9.17) is 4.74 Å². The average Bonchev–Trinajstić information content (AvgIpc) is 2.51. The largest absolute Gasteiger partial charge is 0.508 e. The van der Waals surface area contributed by atoms with Crippen molar-refractivity contribution in [3.63, 3.8) is 0 Å². The molecule has 0 spiro atoms. The van der Waals surface area contributed by atoms with Gasteiger partial charge in [0.15, 0.2) is 5.56 Å². The van der Waals surface area contributed by atoms with E-state index in [0.717, 1.165) is 24.3 Å². The van der Waals surface area contributed by atoms with Gasteiger partial charge in [0.25, 0.3) is 0 Å². The van der Waals surface area contributed by atoms with Gasteiger partial charge in [0.1, 0.15) is 27.8 Å². The Morgan fingerprint density at radius 3 is 1.96 bits per heavy atom. The SMILES string of the molecule is COc1cc(O)cc(O)c1C(=O)[N+](C)(C)c1ccc(S(F)(F)(F)(F)F)cc1. The van der Waals surface area contributed by atoms with Gasteiger partial charge in [-0.3, -0.25) is 0 Å². The molecule has 2 aromatic rings. The van der Waals surface area contributed by atoms with Gasteiger partial charge in [0, 0.05) is 24.3 Å². The molecular formula is C16H17F5NO4S+. The fourth-order valence-electron chi connectivity index (χ4n) is 2.44. The summed E-state index contributed by atoms with van der Waals surface area (Å²) in [5, 5.41) is 19.5. The molecule has 1 amide bonds. The van der Waals surface area contributed by atoms with Gasteiger partial charge >= 0.3 is 16.1 Å². The minimum Gasteiger partial charge on any atom is -0.508 e. The van der Waals surface area contributed by atoms with Crippen molar-refractivity contribution in [3.8, 4) is 17.2 Å². The molecule has 27 heavy (non-hydrogen) atoms. The van der Waals surface area contributed by atoms with E-state index in [9.17, 15) is 34.4 Å². The Morgan fingerprint density at radius 1 is 1.00 bits per heavy atom. The first kappa shape index (κ1) is 20.8. The molecule has 2 N–H and O–H groups in total.